The van der Waals surface area contributed by atoms with E-state index in [1.54, 1.807) is 0 Å². The molecule has 27 heavy (non-hydrogen) atoms. The number of nitrogens with zero attached hydrogens (tertiary/aromatic N) is 3. The number of carbonyl (C=O) groups is 1. The predicted octanol–water partition coefficient (Wildman–Crippen LogP) is 1.41. The summed E-state index contributed by atoms with van der Waals surface area (Å²) in [4.78, 5) is 37.8. The fraction of sp³-hybridized carbons (Fsp3) is 0.316. The van der Waals surface area contributed by atoms with Crippen molar-refractivity contribution in [1.82, 2.24) is 19.9 Å². The number of piperazine rings is 1. The van der Waals surface area contributed by atoms with Crippen molar-refractivity contribution in [3.63, 3.8) is 0 Å². The highest BCUT2D eigenvalue weighted by atomic mass is 16.2. The summed E-state index contributed by atoms with van der Waals surface area (Å²) in [6, 6.07) is 5.84. The number of anilines is 2. The molecule has 0 atom stereocenters. The van der Waals surface area contributed by atoms with Crippen molar-refractivity contribution < 1.29 is 4.79 Å². The average Bonchev–Trinajstić information content (AvgIpc) is 2.96. The average molecular weight is 366 g/mol. The fourth-order valence-corrected chi connectivity index (χ4v) is 3.63. The van der Waals surface area contributed by atoms with E-state index < -0.39 is 5.69 Å². The van der Waals surface area contributed by atoms with Crippen LogP contribution in [0, 0.1) is 13.8 Å². The Bertz CT molecular complexity index is 1080. The van der Waals surface area contributed by atoms with E-state index in [-0.39, 0.29) is 5.91 Å². The zero-order chi connectivity index (χ0) is 19.1. The van der Waals surface area contributed by atoms with E-state index >= 15 is 0 Å². The molecule has 0 aliphatic carbocycles. The van der Waals surface area contributed by atoms with Crippen molar-refractivity contribution in [2.24, 2.45) is 0 Å². The van der Waals surface area contributed by atoms with Crippen LogP contribution in [0.5, 0.6) is 0 Å². The van der Waals surface area contributed by atoms with Crippen LogP contribution in [0.25, 0.3) is 10.9 Å². The Morgan fingerprint density at radius 1 is 1.15 bits per heavy atom. The number of aryl methyl sites for hydroxylation is 2. The minimum absolute atomic E-state index is 0.0223. The minimum Gasteiger partial charge on any atom is -0.383 e. The number of nitrogens with one attached hydrogen (secondary N) is 2. The second-order valence-corrected chi connectivity index (χ2v) is 6.87. The molecule has 0 spiro atoms. The molecule has 0 bridgehead atoms. The highest BCUT2D eigenvalue weighted by molar-refractivity contribution is 6.06. The third-order valence-electron chi connectivity index (χ3n) is 5.30. The Labute approximate surface area is 156 Å². The normalized spacial score (nSPS) is 14.7. The number of aromatic amines is 2. The lowest BCUT2D eigenvalue weighted by atomic mass is 10.1. The molecule has 4 N–H and O–H groups in total. The van der Waals surface area contributed by atoms with Gasteiger partial charge in [0, 0.05) is 37.3 Å². The van der Waals surface area contributed by atoms with Crippen LogP contribution in [-0.4, -0.2) is 51.9 Å². The molecule has 2 aromatic heterocycles. The summed E-state index contributed by atoms with van der Waals surface area (Å²) >= 11 is 0. The van der Waals surface area contributed by atoms with Crippen molar-refractivity contribution in [2.45, 2.75) is 13.8 Å². The number of rotatable bonds is 2. The maximum absolute atomic E-state index is 13.1. The number of amides is 1. The van der Waals surface area contributed by atoms with Crippen molar-refractivity contribution in [1.29, 1.82) is 0 Å². The molecule has 1 saturated heterocycles. The first-order valence-electron chi connectivity index (χ1n) is 8.92. The van der Waals surface area contributed by atoms with E-state index in [0.29, 0.717) is 43.2 Å². The molecule has 3 heterocycles. The molecule has 0 radical (unpaired) electrons. The number of nitrogens with two attached hydrogens (primary N) is 1. The van der Waals surface area contributed by atoms with Gasteiger partial charge in [0.25, 0.3) is 5.91 Å². The van der Waals surface area contributed by atoms with Crippen LogP contribution < -0.4 is 16.3 Å². The predicted molar refractivity (Wildman–Crippen MR) is 105 cm³/mol. The van der Waals surface area contributed by atoms with Gasteiger partial charge in [-0.1, -0.05) is 12.1 Å². The molecule has 140 valence electrons. The summed E-state index contributed by atoms with van der Waals surface area (Å²) in [6.07, 6.45) is 1.48. The number of nitrogen functional groups attached to an aromatic ring is 1. The first-order valence-corrected chi connectivity index (χ1v) is 8.92. The smallest absolute Gasteiger partial charge is 0.346 e. The Morgan fingerprint density at radius 3 is 2.59 bits per heavy atom. The highest BCUT2D eigenvalue weighted by Crippen LogP contribution is 2.26. The van der Waals surface area contributed by atoms with Gasteiger partial charge < -0.3 is 20.5 Å². The van der Waals surface area contributed by atoms with Crippen LogP contribution in [0.15, 0.2) is 29.2 Å². The van der Waals surface area contributed by atoms with Gasteiger partial charge in [0.15, 0.2) is 0 Å². The zero-order valence-electron chi connectivity index (χ0n) is 15.4. The summed E-state index contributed by atoms with van der Waals surface area (Å²) in [5.41, 5.74) is 9.97. The quantitative estimate of drug-likeness (QED) is 0.635. The highest BCUT2D eigenvalue weighted by Gasteiger charge is 2.25. The number of benzene rings is 1. The van der Waals surface area contributed by atoms with Gasteiger partial charge in [0.1, 0.15) is 5.82 Å². The summed E-state index contributed by atoms with van der Waals surface area (Å²) in [6.45, 7) is 6.48. The molecule has 8 heteroatoms. The van der Waals surface area contributed by atoms with E-state index in [2.05, 4.69) is 21.9 Å². The number of hydrogen-bond acceptors (Lipinski definition) is 5. The number of H-pyrrole nitrogens is 2. The molecule has 3 aromatic rings. The zero-order valence-corrected chi connectivity index (χ0v) is 15.4. The van der Waals surface area contributed by atoms with Crippen LogP contribution in [0.1, 0.15) is 21.6 Å². The third kappa shape index (κ3) is 2.92. The molecule has 1 aliphatic heterocycles. The van der Waals surface area contributed by atoms with Gasteiger partial charge in [0.2, 0.25) is 0 Å². The van der Waals surface area contributed by atoms with Crippen LogP contribution in [-0.2, 0) is 0 Å². The van der Waals surface area contributed by atoms with Crippen LogP contribution >= 0.6 is 0 Å². The van der Waals surface area contributed by atoms with Crippen LogP contribution in [0.4, 0.5) is 11.5 Å². The van der Waals surface area contributed by atoms with Gasteiger partial charge >= 0.3 is 5.69 Å². The monoisotopic (exact) mass is 366 g/mol. The number of hydrogen-bond donors (Lipinski definition) is 3. The molecule has 0 unspecified atom stereocenters. The Kier molecular flexibility index (Phi) is 4.10. The maximum atomic E-state index is 13.1. The second kappa shape index (κ2) is 6.46. The van der Waals surface area contributed by atoms with E-state index in [9.17, 15) is 9.59 Å². The lowest BCUT2D eigenvalue weighted by Gasteiger charge is -2.36. The number of carbonyl (C=O) groups excluding carboxylic acids is 1. The van der Waals surface area contributed by atoms with Crippen molar-refractivity contribution in [3.05, 3.63) is 51.7 Å². The number of para-hydroxylation sites is 1. The molecule has 1 fully saturated rings. The topological polar surface area (TPSA) is 111 Å². The Hall–Kier alpha value is -3.29. The summed E-state index contributed by atoms with van der Waals surface area (Å²) in [5, 5.41) is 1.09. The van der Waals surface area contributed by atoms with E-state index in [1.165, 1.54) is 11.8 Å². The standard InChI is InChI=1S/C19H22N6O2/c1-11-12(2)22-16-13(11)4-3-5-14(16)18(26)25-8-6-24(7-9-25)15-10-21-19(27)23-17(15)20/h3-5,10,22H,6-9H2,1-2H3,(H3,20,21,23,27). The van der Waals surface area contributed by atoms with Gasteiger partial charge in [-0.15, -0.1) is 0 Å². The maximum Gasteiger partial charge on any atom is 0.346 e. The first-order chi connectivity index (χ1) is 13.0. The van der Waals surface area contributed by atoms with E-state index in [4.69, 9.17) is 5.73 Å². The van der Waals surface area contributed by atoms with Crippen LogP contribution in [0.3, 0.4) is 0 Å². The second-order valence-electron chi connectivity index (χ2n) is 6.87. The molecular formula is C19H22N6O2. The molecule has 1 aliphatic rings. The van der Waals surface area contributed by atoms with E-state index in [0.717, 1.165) is 16.6 Å². The number of aromatic nitrogens is 3. The van der Waals surface area contributed by atoms with E-state index in [1.807, 2.05) is 34.9 Å². The number of fused-ring (bicyclic) bond motifs is 1. The van der Waals surface area contributed by atoms with Crippen molar-refractivity contribution >= 4 is 28.3 Å². The molecular weight excluding hydrogens is 344 g/mol. The molecule has 8 nitrogen and oxygen atoms in total. The van der Waals surface area contributed by atoms with Gasteiger partial charge in [-0.25, -0.2) is 4.79 Å². The molecule has 1 aromatic carbocycles. The molecule has 0 saturated carbocycles. The minimum atomic E-state index is -0.463. The summed E-state index contributed by atoms with van der Waals surface area (Å²) in [7, 11) is 0. The fourth-order valence-electron chi connectivity index (χ4n) is 3.63. The Balaban J connectivity index is 1.54. The van der Waals surface area contributed by atoms with Crippen molar-refractivity contribution in [3.8, 4) is 0 Å². The SMILES string of the molecule is Cc1[nH]c2c(C(=O)N3CCN(c4cnc(=O)[nH]c4N)CC3)cccc2c1C. The van der Waals surface area contributed by atoms with Gasteiger partial charge in [-0.2, -0.15) is 4.98 Å². The first kappa shape index (κ1) is 17.1. The van der Waals surface area contributed by atoms with Crippen molar-refractivity contribution in [2.75, 3.05) is 36.8 Å². The van der Waals surface area contributed by atoms with Gasteiger partial charge in [-0.3, -0.25) is 9.78 Å². The Morgan fingerprint density at radius 2 is 1.89 bits per heavy atom. The van der Waals surface area contributed by atoms with Crippen LogP contribution in [0.2, 0.25) is 0 Å². The molecule has 1 amide bonds. The summed E-state index contributed by atoms with van der Waals surface area (Å²) in [5.74, 6) is 0.325. The third-order valence-corrected chi connectivity index (χ3v) is 5.30. The lowest BCUT2D eigenvalue weighted by Crippen LogP contribution is -2.49. The van der Waals surface area contributed by atoms with Gasteiger partial charge in [-0.05, 0) is 25.5 Å². The summed E-state index contributed by atoms with van der Waals surface area (Å²) < 4.78 is 0. The largest absolute Gasteiger partial charge is 0.383 e. The van der Waals surface area contributed by atoms with Gasteiger partial charge in [0.05, 0.1) is 23.0 Å². The molecule has 4 rings (SSSR count). The lowest BCUT2D eigenvalue weighted by molar-refractivity contribution is 0.0748.